The summed E-state index contributed by atoms with van der Waals surface area (Å²) in [5.74, 6) is 1.20. The molecule has 2 aromatic carbocycles. The minimum atomic E-state index is -1.15. The van der Waals surface area contributed by atoms with Crippen LogP contribution in [-0.2, 0) is 22.7 Å². The van der Waals surface area contributed by atoms with Gasteiger partial charge in [-0.1, -0.05) is 72.8 Å². The van der Waals surface area contributed by atoms with Crippen LogP contribution in [-0.4, -0.2) is 106 Å². The molecule has 0 saturated carbocycles. The van der Waals surface area contributed by atoms with Gasteiger partial charge in [-0.15, -0.1) is 0 Å². The Morgan fingerprint density at radius 3 is 1.89 bits per heavy atom. The molecule has 2 aromatic heterocycles. The molecule has 14 nitrogen and oxygen atoms in total. The second kappa shape index (κ2) is 14.1. The lowest BCUT2D eigenvalue weighted by Gasteiger charge is -2.46. The highest BCUT2D eigenvalue weighted by atomic mass is 16.6. The van der Waals surface area contributed by atoms with Crippen molar-refractivity contribution < 1.29 is 48.1 Å². The molecule has 2 fully saturated rings. The first-order chi connectivity index (χ1) is 27.1. The Bertz CT molecular complexity index is 2170. The van der Waals surface area contributed by atoms with Crippen LogP contribution in [0.3, 0.4) is 0 Å². The van der Waals surface area contributed by atoms with E-state index in [2.05, 4.69) is 15.2 Å². The van der Waals surface area contributed by atoms with Crippen molar-refractivity contribution in [2.45, 2.75) is 67.7 Å². The molecule has 0 amide bonds. The zero-order valence-corrected chi connectivity index (χ0v) is 31.7. The molecule has 4 aromatic rings. The van der Waals surface area contributed by atoms with Crippen LogP contribution in [0.15, 0.2) is 93.0 Å². The molecule has 10 rings (SSSR count). The van der Waals surface area contributed by atoms with Gasteiger partial charge in [0.25, 0.3) is 11.8 Å². The van der Waals surface area contributed by atoms with E-state index < -0.39 is 17.3 Å². The molecule has 6 heterocycles. The third kappa shape index (κ3) is 5.46. The van der Waals surface area contributed by atoms with Gasteiger partial charge in [-0.25, -0.2) is 0 Å². The Hall–Kier alpha value is -4.67. The summed E-state index contributed by atoms with van der Waals surface area (Å²) in [6, 6.07) is 19.1. The van der Waals surface area contributed by atoms with Crippen LogP contribution >= 0.6 is 0 Å². The second-order valence-electron chi connectivity index (χ2n) is 15.8. The van der Waals surface area contributed by atoms with Crippen molar-refractivity contribution in [3.05, 3.63) is 118 Å². The Balaban J connectivity index is 0.000000146. The highest BCUT2D eigenvalue weighted by Gasteiger charge is 2.68. The van der Waals surface area contributed by atoms with Crippen LogP contribution < -0.4 is 9.47 Å². The van der Waals surface area contributed by atoms with Gasteiger partial charge in [0.2, 0.25) is 5.78 Å². The highest BCUT2D eigenvalue weighted by Crippen LogP contribution is 2.64. The van der Waals surface area contributed by atoms with Gasteiger partial charge in [0.05, 0.1) is 43.1 Å². The molecule has 9 atom stereocenters. The fourth-order valence-electron chi connectivity index (χ4n) is 10.1. The van der Waals surface area contributed by atoms with Crippen LogP contribution in [0, 0.1) is 11.8 Å². The maximum Gasteiger partial charge on any atom is 0.265 e. The number of hydrogen-bond donors (Lipinski definition) is 3. The van der Waals surface area contributed by atoms with Gasteiger partial charge in [-0.3, -0.25) is 14.6 Å². The molecule has 2 saturated heterocycles. The minimum absolute atomic E-state index is 0.0305. The minimum Gasteiger partial charge on any atom is -0.470 e. The summed E-state index contributed by atoms with van der Waals surface area (Å²) in [4.78, 5) is 17.7. The number of hydrogen-bond acceptors (Lipinski definition) is 14. The quantitative estimate of drug-likeness (QED) is 0.197. The number of aromatic nitrogens is 2. The van der Waals surface area contributed by atoms with Crippen molar-refractivity contribution >= 4 is 5.78 Å². The summed E-state index contributed by atoms with van der Waals surface area (Å²) in [7, 11) is 7.83. The number of fused-ring (bicyclic) bond motifs is 4. The molecule has 294 valence electrons. The Kier molecular flexibility index (Phi) is 9.27. The summed E-state index contributed by atoms with van der Waals surface area (Å²) in [5.41, 5.74) is 2.06. The first kappa shape index (κ1) is 36.9. The maximum atomic E-state index is 13.6. The number of ether oxygens (including phenoxy) is 4. The van der Waals surface area contributed by atoms with Gasteiger partial charge in [0, 0.05) is 11.8 Å². The van der Waals surface area contributed by atoms with Crippen molar-refractivity contribution in [3.63, 3.8) is 0 Å². The Labute approximate surface area is 323 Å². The number of ketones is 1. The van der Waals surface area contributed by atoms with E-state index in [0.717, 1.165) is 23.1 Å². The fourth-order valence-corrected chi connectivity index (χ4v) is 10.1. The summed E-state index contributed by atoms with van der Waals surface area (Å²) < 4.78 is 35.5. The summed E-state index contributed by atoms with van der Waals surface area (Å²) in [6.45, 7) is 0.245. The third-order valence-electron chi connectivity index (χ3n) is 12.3. The van der Waals surface area contributed by atoms with Crippen LogP contribution in [0.25, 0.3) is 0 Å². The van der Waals surface area contributed by atoms with Gasteiger partial charge in [-0.05, 0) is 73.6 Å². The van der Waals surface area contributed by atoms with Crippen molar-refractivity contribution in [2.75, 3.05) is 41.4 Å². The molecule has 6 aliphatic rings. The number of rotatable bonds is 10. The molecule has 3 N–H and O–H groups in total. The first-order valence-electron chi connectivity index (χ1n) is 19.0. The molecule has 2 aliphatic carbocycles. The van der Waals surface area contributed by atoms with E-state index in [4.69, 9.17) is 28.0 Å². The van der Waals surface area contributed by atoms with Gasteiger partial charge >= 0.3 is 0 Å². The number of nitrogens with zero attached hydrogens (tertiary/aromatic N) is 4. The van der Waals surface area contributed by atoms with Crippen molar-refractivity contribution in [1.82, 2.24) is 20.1 Å². The van der Waals surface area contributed by atoms with Crippen molar-refractivity contribution in [2.24, 2.45) is 11.8 Å². The standard InChI is InChI=1S/C21H24N2O5.C21H22N2O5/c2*1-23(2)17-15-9-14-8-13(10-24)21(15,27-14)19(25)16-18(17)28-22-20(16)26-11-12-6-4-3-5-7-12/h3-8,14-15,17,19,24-25H,9-11H2,1-2H3;3-8,14-15,17,24H,9-11H2,1-2H3/t14-,15-,17-,19?,21+;14-,15-,17-,21+/m00/s1. The van der Waals surface area contributed by atoms with Crippen molar-refractivity contribution in [1.29, 1.82) is 0 Å². The maximum absolute atomic E-state index is 13.6. The predicted octanol–water partition coefficient (Wildman–Crippen LogP) is 4.11. The SMILES string of the molecule is CN(C)[C@@H]1c2onc(OCc3ccccc3)c2C(=O)[C@@]23O[C@@H](C=C2CO)C[C@@H]13.CN(C)[C@@H]1c2onc(OCc3ccccc3)c2C(O)[C@@]23O[C@@H](C=C2CO)C[C@@H]13. The van der Waals surface area contributed by atoms with E-state index in [0.29, 0.717) is 41.2 Å². The Morgan fingerprint density at radius 1 is 0.732 bits per heavy atom. The zero-order chi connectivity index (χ0) is 38.9. The summed E-state index contributed by atoms with van der Waals surface area (Å²) in [6.07, 6.45) is 4.02. The van der Waals surface area contributed by atoms with Gasteiger partial charge in [0.1, 0.15) is 30.5 Å². The largest absolute Gasteiger partial charge is 0.470 e. The molecule has 4 aliphatic heterocycles. The number of aliphatic hydroxyl groups is 3. The van der Waals surface area contributed by atoms with Crippen molar-refractivity contribution in [3.8, 4) is 11.8 Å². The summed E-state index contributed by atoms with van der Waals surface area (Å²) >= 11 is 0. The number of benzene rings is 2. The smallest absolute Gasteiger partial charge is 0.265 e. The lowest BCUT2D eigenvalue weighted by molar-refractivity contribution is -0.116. The number of Topliss-reactive ketones (excluding diaryl/α,β-unsaturated/α-hetero) is 1. The second-order valence-corrected chi connectivity index (χ2v) is 15.8. The lowest BCUT2D eigenvalue weighted by atomic mass is 9.64. The molecular weight excluding hydrogens is 720 g/mol. The number of aliphatic hydroxyl groups excluding tert-OH is 3. The highest BCUT2D eigenvalue weighted by molar-refractivity contribution is 6.09. The van der Waals surface area contributed by atoms with E-state index in [1.54, 1.807) is 0 Å². The average molecular weight is 767 g/mol. The first-order valence-corrected chi connectivity index (χ1v) is 19.0. The van der Waals surface area contributed by atoms with E-state index >= 15 is 0 Å². The molecule has 4 bridgehead atoms. The fraction of sp³-hybridized carbons (Fsp3) is 0.452. The number of carbonyl (C=O) groups is 1. The monoisotopic (exact) mass is 766 g/mol. The van der Waals surface area contributed by atoms with Gasteiger partial charge < -0.3 is 43.3 Å². The molecular formula is C42H46N4O10. The Morgan fingerprint density at radius 2 is 1.27 bits per heavy atom. The van der Waals surface area contributed by atoms with Crippen LogP contribution in [0.4, 0.5) is 0 Å². The third-order valence-corrected chi connectivity index (χ3v) is 12.3. The molecule has 14 heteroatoms. The zero-order valence-electron chi connectivity index (χ0n) is 31.7. The predicted molar refractivity (Wildman–Crippen MR) is 198 cm³/mol. The topological polar surface area (TPSA) is 173 Å². The number of carbonyl (C=O) groups excluding carboxylic acids is 1. The molecule has 56 heavy (non-hydrogen) atoms. The van der Waals surface area contributed by atoms with E-state index in [-0.39, 0.29) is 73.5 Å². The van der Waals surface area contributed by atoms with E-state index in [1.807, 2.05) is 106 Å². The lowest BCUT2D eigenvalue weighted by Crippen LogP contribution is -2.53. The normalized spacial score (nSPS) is 31.7. The molecule has 0 radical (unpaired) electrons. The average Bonchev–Trinajstić information content (AvgIpc) is 4.06. The summed E-state index contributed by atoms with van der Waals surface area (Å²) in [5, 5.41) is 39.4. The molecule has 1 unspecified atom stereocenters. The van der Waals surface area contributed by atoms with Crippen LogP contribution in [0.5, 0.6) is 11.8 Å². The molecule has 2 spiro atoms. The van der Waals surface area contributed by atoms with Crippen LogP contribution in [0.2, 0.25) is 0 Å². The van der Waals surface area contributed by atoms with Crippen LogP contribution in [0.1, 0.15) is 69.6 Å². The van der Waals surface area contributed by atoms with Gasteiger partial charge in [0.15, 0.2) is 17.1 Å². The van der Waals surface area contributed by atoms with Gasteiger partial charge in [-0.2, -0.15) is 0 Å². The van der Waals surface area contributed by atoms with E-state index in [9.17, 15) is 20.1 Å². The van der Waals surface area contributed by atoms with E-state index in [1.165, 1.54) is 0 Å².